The van der Waals surface area contributed by atoms with Crippen LogP contribution in [-0.2, 0) is 9.47 Å². The molecule has 0 spiro atoms. The maximum atomic E-state index is 12.6. The van der Waals surface area contributed by atoms with Crippen LogP contribution >= 0.6 is 11.8 Å². The van der Waals surface area contributed by atoms with Crippen molar-refractivity contribution in [2.45, 2.75) is 23.8 Å². The highest BCUT2D eigenvalue weighted by atomic mass is 32.2. The van der Waals surface area contributed by atoms with Crippen LogP contribution in [0.3, 0.4) is 0 Å². The maximum absolute atomic E-state index is 12.6. The smallest absolute Gasteiger partial charge is 0.339 e. The summed E-state index contributed by atoms with van der Waals surface area (Å²) in [4.78, 5) is 25.9. The van der Waals surface area contributed by atoms with E-state index in [1.165, 1.54) is 0 Å². The molecule has 6 nitrogen and oxygen atoms in total. The van der Waals surface area contributed by atoms with Crippen LogP contribution in [0.4, 0.5) is 0 Å². The van der Waals surface area contributed by atoms with Gasteiger partial charge in [-0.3, -0.25) is 4.79 Å². The second-order valence-electron chi connectivity index (χ2n) is 6.80. The highest BCUT2D eigenvalue weighted by Crippen LogP contribution is 2.31. The van der Waals surface area contributed by atoms with Gasteiger partial charge in [0, 0.05) is 22.8 Å². The van der Waals surface area contributed by atoms with E-state index in [2.05, 4.69) is 0 Å². The van der Waals surface area contributed by atoms with Crippen molar-refractivity contribution in [2.75, 3.05) is 32.2 Å². The summed E-state index contributed by atoms with van der Waals surface area (Å²) in [5, 5.41) is 0. The molecule has 7 heteroatoms. The molecule has 152 valence electrons. The molecular weight excluding hydrogens is 392 g/mol. The van der Waals surface area contributed by atoms with Crippen LogP contribution in [0, 0.1) is 0 Å². The molecule has 0 amide bonds. The van der Waals surface area contributed by atoms with E-state index in [9.17, 15) is 9.59 Å². The van der Waals surface area contributed by atoms with Crippen LogP contribution < -0.4 is 9.47 Å². The van der Waals surface area contributed by atoms with Crippen molar-refractivity contribution in [1.82, 2.24) is 0 Å². The molecule has 1 fully saturated rings. The van der Waals surface area contributed by atoms with E-state index in [1.807, 2.05) is 12.1 Å². The topological polar surface area (TPSA) is 71.1 Å². The van der Waals surface area contributed by atoms with Gasteiger partial charge >= 0.3 is 5.97 Å². The molecule has 0 aromatic heterocycles. The monoisotopic (exact) mass is 414 g/mol. The average molecular weight is 414 g/mol. The second-order valence-corrected chi connectivity index (χ2v) is 7.86. The van der Waals surface area contributed by atoms with E-state index in [0.29, 0.717) is 35.8 Å². The highest BCUT2D eigenvalue weighted by Gasteiger charge is 2.20. The molecule has 2 aromatic carbocycles. The number of ketones is 1. The number of Topliss-reactive ketones (excluding diaryl/α,β-unsaturated/α-hetero) is 1. The predicted molar refractivity (Wildman–Crippen MR) is 108 cm³/mol. The average Bonchev–Trinajstić information content (AvgIpc) is 3.29. The van der Waals surface area contributed by atoms with Crippen molar-refractivity contribution in [3.8, 4) is 11.5 Å². The molecule has 2 aliphatic heterocycles. The van der Waals surface area contributed by atoms with Gasteiger partial charge in [-0.25, -0.2) is 4.79 Å². The lowest BCUT2D eigenvalue weighted by atomic mass is 10.1. The quantitative estimate of drug-likeness (QED) is 0.388. The molecule has 4 rings (SSSR count). The third-order valence-electron chi connectivity index (χ3n) is 4.75. The molecule has 1 atom stereocenters. The Labute approximate surface area is 173 Å². The van der Waals surface area contributed by atoms with E-state index < -0.39 is 5.97 Å². The summed E-state index contributed by atoms with van der Waals surface area (Å²) in [6.07, 6.45) is 2.35. The number of rotatable bonds is 7. The van der Waals surface area contributed by atoms with Crippen LogP contribution in [0.1, 0.15) is 33.6 Å². The summed E-state index contributed by atoms with van der Waals surface area (Å²) in [5.74, 6) is 1.14. The lowest BCUT2D eigenvalue weighted by Gasteiger charge is -2.18. The molecule has 0 aliphatic carbocycles. The van der Waals surface area contributed by atoms with Crippen molar-refractivity contribution in [3.05, 3.63) is 53.6 Å². The number of ether oxygens (including phenoxy) is 4. The van der Waals surface area contributed by atoms with Gasteiger partial charge in [-0.2, -0.15) is 0 Å². The van der Waals surface area contributed by atoms with Gasteiger partial charge in [0.1, 0.15) is 13.2 Å². The van der Waals surface area contributed by atoms with Gasteiger partial charge in [0.15, 0.2) is 23.9 Å². The van der Waals surface area contributed by atoms with Crippen molar-refractivity contribution in [1.29, 1.82) is 0 Å². The minimum absolute atomic E-state index is 0.223. The molecule has 0 N–H and O–H groups in total. The minimum Gasteiger partial charge on any atom is -0.486 e. The summed E-state index contributed by atoms with van der Waals surface area (Å²) >= 11 is 1.58. The molecular formula is C22H22O6S. The third kappa shape index (κ3) is 4.92. The Bertz CT molecular complexity index is 891. The molecule has 0 radical (unpaired) electrons. The first kappa shape index (κ1) is 19.8. The van der Waals surface area contributed by atoms with E-state index in [1.54, 1.807) is 42.1 Å². The zero-order valence-electron chi connectivity index (χ0n) is 15.9. The van der Waals surface area contributed by atoms with Gasteiger partial charge in [0.25, 0.3) is 0 Å². The van der Waals surface area contributed by atoms with Gasteiger partial charge in [-0.1, -0.05) is 12.1 Å². The zero-order chi connectivity index (χ0) is 20.1. The Morgan fingerprint density at radius 3 is 2.69 bits per heavy atom. The van der Waals surface area contributed by atoms with Gasteiger partial charge < -0.3 is 18.9 Å². The second kappa shape index (κ2) is 9.33. The van der Waals surface area contributed by atoms with E-state index in [-0.39, 0.29) is 18.5 Å². The maximum Gasteiger partial charge on any atom is 0.339 e. The molecule has 0 saturated carbocycles. The first-order valence-corrected chi connectivity index (χ1v) is 10.6. The van der Waals surface area contributed by atoms with Gasteiger partial charge in [0.05, 0.1) is 11.7 Å². The largest absolute Gasteiger partial charge is 0.486 e. The Morgan fingerprint density at radius 1 is 1.03 bits per heavy atom. The molecule has 2 heterocycles. The number of benzene rings is 2. The molecule has 29 heavy (non-hydrogen) atoms. The summed E-state index contributed by atoms with van der Waals surface area (Å²) in [6, 6.07) is 12.2. The van der Waals surface area contributed by atoms with E-state index in [0.717, 1.165) is 30.1 Å². The normalized spacial score (nSPS) is 17.7. The van der Waals surface area contributed by atoms with E-state index in [4.69, 9.17) is 18.9 Å². The Hall–Kier alpha value is -2.51. The molecule has 0 unspecified atom stereocenters. The highest BCUT2D eigenvalue weighted by molar-refractivity contribution is 7.99. The number of hydrogen-bond donors (Lipinski definition) is 0. The molecule has 2 aliphatic rings. The number of esters is 1. The molecule has 1 saturated heterocycles. The first-order chi connectivity index (χ1) is 14.2. The number of carbonyl (C=O) groups is 2. The summed E-state index contributed by atoms with van der Waals surface area (Å²) < 4.78 is 21.9. The SMILES string of the molecule is O=C(COC(=O)c1ccccc1SC[C@@H]1CCCO1)c1ccc2c(c1)OCCO2. The van der Waals surface area contributed by atoms with Crippen LogP contribution in [0.2, 0.25) is 0 Å². The molecule has 0 bridgehead atoms. The Balaban J connectivity index is 1.36. The minimum atomic E-state index is -0.508. The Kier molecular flexibility index (Phi) is 6.36. The fourth-order valence-corrected chi connectivity index (χ4v) is 4.34. The lowest BCUT2D eigenvalue weighted by Crippen LogP contribution is -2.17. The van der Waals surface area contributed by atoms with Gasteiger partial charge in [-0.15, -0.1) is 11.8 Å². The number of fused-ring (bicyclic) bond motifs is 1. The summed E-state index contributed by atoms with van der Waals surface area (Å²) in [7, 11) is 0. The third-order valence-corrected chi connectivity index (χ3v) is 5.96. The van der Waals surface area contributed by atoms with Crippen molar-refractivity contribution >= 4 is 23.5 Å². The standard InChI is InChI=1S/C22H22O6S/c23-18(15-7-8-19-20(12-15)27-11-10-26-19)13-28-22(24)17-5-1-2-6-21(17)29-14-16-4-3-9-25-16/h1-2,5-8,12,16H,3-4,9-11,13-14H2/t16-/m0/s1. The van der Waals surface area contributed by atoms with E-state index >= 15 is 0 Å². The Morgan fingerprint density at radius 2 is 1.86 bits per heavy atom. The lowest BCUT2D eigenvalue weighted by molar-refractivity contribution is 0.0471. The summed E-state index contributed by atoms with van der Waals surface area (Å²) in [6.45, 7) is 1.41. The van der Waals surface area contributed by atoms with Gasteiger partial charge in [-0.05, 0) is 43.2 Å². The van der Waals surface area contributed by atoms with Crippen LogP contribution in [0.5, 0.6) is 11.5 Å². The van der Waals surface area contributed by atoms with Crippen LogP contribution in [0.15, 0.2) is 47.4 Å². The van der Waals surface area contributed by atoms with Crippen molar-refractivity contribution in [3.63, 3.8) is 0 Å². The van der Waals surface area contributed by atoms with Crippen molar-refractivity contribution in [2.24, 2.45) is 0 Å². The number of thioether (sulfide) groups is 1. The fourth-order valence-electron chi connectivity index (χ4n) is 3.23. The van der Waals surface area contributed by atoms with Crippen LogP contribution in [-0.4, -0.2) is 50.0 Å². The first-order valence-electron chi connectivity index (χ1n) is 9.64. The molecule has 2 aromatic rings. The fraction of sp³-hybridized carbons (Fsp3) is 0.364. The summed E-state index contributed by atoms with van der Waals surface area (Å²) in [5.41, 5.74) is 0.883. The van der Waals surface area contributed by atoms with Gasteiger partial charge in [0.2, 0.25) is 0 Å². The zero-order valence-corrected chi connectivity index (χ0v) is 16.7. The van der Waals surface area contributed by atoms with Crippen molar-refractivity contribution < 1.29 is 28.5 Å². The van der Waals surface area contributed by atoms with Crippen LogP contribution in [0.25, 0.3) is 0 Å². The predicted octanol–water partition coefficient (Wildman–Crippen LogP) is 3.77. The number of hydrogen-bond acceptors (Lipinski definition) is 7. The number of carbonyl (C=O) groups excluding carboxylic acids is 2.